The largest absolute Gasteiger partial charge is 0.467 e. The average molecular weight is 549 g/mol. The third kappa shape index (κ3) is 5.17. The Morgan fingerprint density at radius 2 is 2.03 bits per heavy atom. The van der Waals surface area contributed by atoms with Crippen molar-refractivity contribution in [1.82, 2.24) is 15.1 Å². The Bertz CT molecular complexity index is 1450. The number of anilines is 1. The second-order valence-corrected chi connectivity index (χ2v) is 12.5. The summed E-state index contributed by atoms with van der Waals surface area (Å²) in [5.41, 5.74) is 5.86. The normalized spacial score (nSPS) is 15.9. The summed E-state index contributed by atoms with van der Waals surface area (Å²) in [6.07, 6.45) is 1.57. The van der Waals surface area contributed by atoms with E-state index in [4.69, 9.17) is 9.52 Å². The van der Waals surface area contributed by atoms with Crippen molar-refractivity contribution >= 4 is 40.7 Å². The summed E-state index contributed by atoms with van der Waals surface area (Å²) >= 11 is 3.24. The van der Waals surface area contributed by atoms with Crippen molar-refractivity contribution in [2.45, 2.75) is 51.8 Å². The number of amides is 2. The van der Waals surface area contributed by atoms with Crippen LogP contribution in [0.5, 0.6) is 0 Å². The third-order valence-electron chi connectivity index (χ3n) is 6.57. The molecule has 1 atom stereocenters. The van der Waals surface area contributed by atoms with Gasteiger partial charge >= 0.3 is 0 Å². The molecule has 4 heterocycles. The molecule has 0 radical (unpaired) electrons. The zero-order valence-corrected chi connectivity index (χ0v) is 23.9. The number of fused-ring (bicyclic) bond motifs is 1. The highest BCUT2D eigenvalue weighted by molar-refractivity contribution is 8.00. The molecule has 1 aromatic carbocycles. The number of furan rings is 1. The number of hydrogen-bond donors (Lipinski definition) is 1. The third-order valence-corrected chi connectivity index (χ3v) is 8.52. The van der Waals surface area contributed by atoms with E-state index in [1.807, 2.05) is 16.8 Å². The van der Waals surface area contributed by atoms with Crippen LogP contribution in [0, 0.1) is 13.8 Å². The molecule has 0 unspecified atom stereocenters. The molecule has 38 heavy (non-hydrogen) atoms. The molecule has 0 fully saturated rings. The Hall–Kier alpha value is -3.30. The lowest BCUT2D eigenvalue weighted by Crippen LogP contribution is -2.42. The Morgan fingerprint density at radius 1 is 1.21 bits per heavy atom. The van der Waals surface area contributed by atoms with Gasteiger partial charge < -0.3 is 9.73 Å². The van der Waals surface area contributed by atoms with Gasteiger partial charge in [0.25, 0.3) is 0 Å². The molecule has 0 bridgehead atoms. The van der Waals surface area contributed by atoms with Gasteiger partial charge in [-0.1, -0.05) is 38.5 Å². The monoisotopic (exact) mass is 548 g/mol. The Labute approximate surface area is 231 Å². The zero-order chi connectivity index (χ0) is 27.0. The van der Waals surface area contributed by atoms with E-state index in [9.17, 15) is 9.59 Å². The molecule has 0 aliphatic carbocycles. The van der Waals surface area contributed by atoms with Crippen molar-refractivity contribution in [3.05, 3.63) is 87.1 Å². The van der Waals surface area contributed by atoms with Crippen LogP contribution < -0.4 is 10.2 Å². The van der Waals surface area contributed by atoms with E-state index in [0.717, 1.165) is 33.6 Å². The van der Waals surface area contributed by atoms with Gasteiger partial charge in [-0.15, -0.1) is 11.8 Å². The highest BCUT2D eigenvalue weighted by Crippen LogP contribution is 2.48. The van der Waals surface area contributed by atoms with Crippen molar-refractivity contribution in [3.63, 3.8) is 0 Å². The summed E-state index contributed by atoms with van der Waals surface area (Å²) in [4.78, 5) is 28.5. The smallest absolute Gasteiger partial charge is 0.240 e. The van der Waals surface area contributed by atoms with E-state index >= 15 is 0 Å². The van der Waals surface area contributed by atoms with E-state index in [1.165, 1.54) is 0 Å². The van der Waals surface area contributed by atoms with Crippen LogP contribution >= 0.6 is 23.1 Å². The number of aryl methyl sites for hydroxylation is 2. The van der Waals surface area contributed by atoms with E-state index in [1.54, 1.807) is 40.3 Å². The van der Waals surface area contributed by atoms with Crippen molar-refractivity contribution < 1.29 is 14.0 Å². The minimum atomic E-state index is -0.288. The molecule has 1 aliphatic rings. The standard InChI is InChI=1S/C29H32N4O3S2/c1-18-8-9-22(19(2)13-18)33-28-25(27(31-33)29(3,4)5)26(20-10-12-37-16-20)38-17-24(35)32(28)15-23(34)30-14-21-7-6-11-36-21/h6-13,16,26H,14-15,17H2,1-5H3,(H,30,34)/t26-/m0/s1. The highest BCUT2D eigenvalue weighted by Gasteiger charge is 2.40. The molecule has 0 spiro atoms. The molecule has 3 aromatic heterocycles. The number of nitrogens with zero attached hydrogens (tertiary/aromatic N) is 3. The quantitative estimate of drug-likeness (QED) is 0.323. The Balaban J connectivity index is 1.67. The van der Waals surface area contributed by atoms with E-state index < -0.39 is 0 Å². The van der Waals surface area contributed by atoms with Crippen LogP contribution in [-0.4, -0.2) is 33.9 Å². The first-order valence-electron chi connectivity index (χ1n) is 12.6. The molecule has 9 heteroatoms. The number of rotatable bonds is 6. The number of hydrogen-bond acceptors (Lipinski definition) is 6. The number of thiophene rings is 1. The van der Waals surface area contributed by atoms with Crippen LogP contribution in [-0.2, 0) is 21.5 Å². The second kappa shape index (κ2) is 10.5. The number of aromatic nitrogens is 2. The van der Waals surface area contributed by atoms with Crippen LogP contribution in [0.3, 0.4) is 0 Å². The lowest BCUT2D eigenvalue weighted by molar-refractivity contribution is -0.123. The zero-order valence-electron chi connectivity index (χ0n) is 22.3. The maximum atomic E-state index is 13.7. The number of carbonyl (C=O) groups excluding carboxylic acids is 2. The summed E-state index contributed by atoms with van der Waals surface area (Å²) in [7, 11) is 0. The molecule has 198 valence electrons. The van der Waals surface area contributed by atoms with Crippen LogP contribution in [0.15, 0.2) is 57.8 Å². The van der Waals surface area contributed by atoms with Crippen LogP contribution in [0.25, 0.3) is 5.69 Å². The minimum absolute atomic E-state index is 0.0786. The van der Waals surface area contributed by atoms with Gasteiger partial charge in [0.2, 0.25) is 11.8 Å². The molecule has 4 aromatic rings. The average Bonchev–Trinajstić information content (AvgIpc) is 3.61. The fourth-order valence-corrected chi connectivity index (χ4v) is 6.73. The lowest BCUT2D eigenvalue weighted by Gasteiger charge is -2.24. The highest BCUT2D eigenvalue weighted by atomic mass is 32.2. The van der Waals surface area contributed by atoms with Gasteiger partial charge in [-0.05, 0) is 60.0 Å². The summed E-state index contributed by atoms with van der Waals surface area (Å²) < 4.78 is 7.24. The molecule has 1 aliphatic heterocycles. The first-order valence-corrected chi connectivity index (χ1v) is 14.6. The SMILES string of the molecule is Cc1ccc(-n2nc(C(C)(C)C)c3c2N(CC(=O)NCc2ccco2)C(=O)CS[C@H]3c2ccsc2)c(C)c1. The fraction of sp³-hybridized carbons (Fsp3) is 0.345. The predicted molar refractivity (Wildman–Crippen MR) is 153 cm³/mol. The maximum Gasteiger partial charge on any atom is 0.240 e. The van der Waals surface area contributed by atoms with Crippen molar-refractivity contribution in [3.8, 4) is 5.69 Å². The lowest BCUT2D eigenvalue weighted by atomic mass is 9.87. The topological polar surface area (TPSA) is 80.4 Å². The maximum absolute atomic E-state index is 13.7. The molecule has 7 nitrogen and oxygen atoms in total. The number of carbonyl (C=O) groups is 2. The molecule has 1 N–H and O–H groups in total. The van der Waals surface area contributed by atoms with E-state index in [-0.39, 0.29) is 41.3 Å². The fourth-order valence-electron chi connectivity index (χ4n) is 4.77. The number of benzene rings is 1. The molecule has 0 saturated carbocycles. The molecular formula is C29H32N4O3S2. The summed E-state index contributed by atoms with van der Waals surface area (Å²) in [5, 5.41) is 12.2. The van der Waals surface area contributed by atoms with E-state index in [0.29, 0.717) is 11.6 Å². The van der Waals surface area contributed by atoms with Crippen molar-refractivity contribution in [2.75, 3.05) is 17.2 Å². The van der Waals surface area contributed by atoms with Gasteiger partial charge in [0.05, 0.1) is 35.2 Å². The van der Waals surface area contributed by atoms with Gasteiger partial charge in [-0.2, -0.15) is 16.4 Å². The van der Waals surface area contributed by atoms with Gasteiger partial charge in [0.15, 0.2) is 0 Å². The van der Waals surface area contributed by atoms with Crippen LogP contribution in [0.4, 0.5) is 5.82 Å². The minimum Gasteiger partial charge on any atom is -0.467 e. The van der Waals surface area contributed by atoms with Gasteiger partial charge in [0.1, 0.15) is 18.1 Å². The van der Waals surface area contributed by atoms with Crippen molar-refractivity contribution in [2.24, 2.45) is 0 Å². The van der Waals surface area contributed by atoms with Crippen molar-refractivity contribution in [1.29, 1.82) is 0 Å². The molecule has 2 amide bonds. The first kappa shape index (κ1) is 26.3. The molecule has 5 rings (SSSR count). The molecular weight excluding hydrogens is 516 g/mol. The second-order valence-electron chi connectivity index (χ2n) is 10.6. The Morgan fingerprint density at radius 3 is 2.68 bits per heavy atom. The Kier molecular flexibility index (Phi) is 7.24. The van der Waals surface area contributed by atoms with Gasteiger partial charge in [0, 0.05) is 11.0 Å². The molecule has 0 saturated heterocycles. The summed E-state index contributed by atoms with van der Waals surface area (Å²) in [6.45, 7) is 10.7. The van der Waals surface area contributed by atoms with Crippen LogP contribution in [0.2, 0.25) is 0 Å². The number of thioether (sulfide) groups is 1. The summed E-state index contributed by atoms with van der Waals surface area (Å²) in [6, 6.07) is 11.9. The summed E-state index contributed by atoms with van der Waals surface area (Å²) in [5.74, 6) is 1.21. The van der Waals surface area contributed by atoms with E-state index in [2.05, 4.69) is 68.9 Å². The number of nitrogens with one attached hydrogen (secondary N) is 1. The van der Waals surface area contributed by atoms with Crippen LogP contribution in [0.1, 0.15) is 59.7 Å². The first-order chi connectivity index (χ1) is 18.1. The van der Waals surface area contributed by atoms with Gasteiger partial charge in [-0.25, -0.2) is 4.68 Å². The predicted octanol–water partition coefficient (Wildman–Crippen LogP) is 5.93. The van der Waals surface area contributed by atoms with Gasteiger partial charge in [-0.3, -0.25) is 14.5 Å².